The van der Waals surface area contributed by atoms with Gasteiger partial charge in [0.1, 0.15) is 19.5 Å². The number of carbonyl (C=O) groups is 3. The zero-order chi connectivity index (χ0) is 14.8. The first kappa shape index (κ1) is 15.7. The molecule has 20 heavy (non-hydrogen) atoms. The molecule has 0 aromatic heterocycles. The van der Waals surface area contributed by atoms with Gasteiger partial charge in [-0.1, -0.05) is 30.3 Å². The predicted octanol–water partition coefficient (Wildman–Crippen LogP) is 1.39. The van der Waals surface area contributed by atoms with Crippen LogP contribution in [0.2, 0.25) is 0 Å². The lowest BCUT2D eigenvalue weighted by Gasteiger charge is -2.19. The quantitative estimate of drug-likeness (QED) is 0.557. The van der Waals surface area contributed by atoms with Gasteiger partial charge >= 0.3 is 12.1 Å². The Morgan fingerprint density at radius 2 is 1.90 bits per heavy atom. The Morgan fingerprint density at radius 3 is 2.50 bits per heavy atom. The smallest absolute Gasteiger partial charge is 0.410 e. The van der Waals surface area contributed by atoms with E-state index < -0.39 is 12.1 Å². The van der Waals surface area contributed by atoms with Gasteiger partial charge < -0.3 is 14.3 Å². The van der Waals surface area contributed by atoms with Gasteiger partial charge in [0.05, 0.1) is 13.1 Å². The van der Waals surface area contributed by atoms with E-state index in [0.29, 0.717) is 6.29 Å². The number of hydrogen-bond acceptors (Lipinski definition) is 5. The first-order chi connectivity index (χ1) is 9.63. The fourth-order valence-corrected chi connectivity index (χ4v) is 1.46. The van der Waals surface area contributed by atoms with Gasteiger partial charge in [0, 0.05) is 6.92 Å². The molecule has 0 aliphatic rings. The van der Waals surface area contributed by atoms with Crippen LogP contribution >= 0.6 is 0 Å². The first-order valence-electron chi connectivity index (χ1n) is 6.16. The van der Waals surface area contributed by atoms with Gasteiger partial charge in [-0.15, -0.1) is 0 Å². The molecule has 1 rings (SSSR count). The van der Waals surface area contributed by atoms with E-state index in [-0.39, 0.29) is 26.3 Å². The highest BCUT2D eigenvalue weighted by Crippen LogP contribution is 2.03. The number of amides is 1. The molecule has 0 bridgehead atoms. The number of ether oxygens (including phenoxy) is 2. The Bertz CT molecular complexity index is 446. The number of hydrogen-bond donors (Lipinski definition) is 0. The summed E-state index contributed by atoms with van der Waals surface area (Å²) in [6, 6.07) is 9.20. The second-order valence-electron chi connectivity index (χ2n) is 3.99. The van der Waals surface area contributed by atoms with Crippen LogP contribution in [-0.2, 0) is 25.7 Å². The fraction of sp³-hybridized carbons (Fsp3) is 0.357. The first-order valence-corrected chi connectivity index (χ1v) is 6.16. The topological polar surface area (TPSA) is 72.9 Å². The van der Waals surface area contributed by atoms with Crippen molar-refractivity contribution in [1.29, 1.82) is 0 Å². The fourth-order valence-electron chi connectivity index (χ4n) is 1.46. The summed E-state index contributed by atoms with van der Waals surface area (Å²) in [6.07, 6.45) is -0.0227. The molecule has 0 spiro atoms. The highest BCUT2D eigenvalue weighted by molar-refractivity contribution is 5.71. The second kappa shape index (κ2) is 8.68. The van der Waals surface area contributed by atoms with Crippen LogP contribution in [0.1, 0.15) is 12.5 Å². The third-order valence-corrected chi connectivity index (χ3v) is 2.42. The van der Waals surface area contributed by atoms with Crippen LogP contribution < -0.4 is 0 Å². The molecule has 0 saturated heterocycles. The van der Waals surface area contributed by atoms with Crippen LogP contribution in [0.5, 0.6) is 0 Å². The number of benzene rings is 1. The van der Waals surface area contributed by atoms with Crippen molar-refractivity contribution in [2.75, 3.05) is 19.7 Å². The van der Waals surface area contributed by atoms with Crippen molar-refractivity contribution in [2.24, 2.45) is 0 Å². The molecule has 0 fully saturated rings. The Balaban J connectivity index is 2.42. The molecule has 6 heteroatoms. The third kappa shape index (κ3) is 5.99. The minimum atomic E-state index is -0.617. The van der Waals surface area contributed by atoms with E-state index in [2.05, 4.69) is 0 Å². The number of rotatable bonds is 7. The van der Waals surface area contributed by atoms with Crippen LogP contribution in [0.3, 0.4) is 0 Å². The maximum Gasteiger partial charge on any atom is 0.410 e. The van der Waals surface area contributed by atoms with Crippen LogP contribution in [0, 0.1) is 0 Å². The van der Waals surface area contributed by atoms with Gasteiger partial charge in [-0.2, -0.15) is 0 Å². The largest absolute Gasteiger partial charge is 0.464 e. The molecule has 6 nitrogen and oxygen atoms in total. The number of nitrogens with zero attached hydrogens (tertiary/aromatic N) is 1. The Labute approximate surface area is 117 Å². The molecule has 0 unspecified atom stereocenters. The molecule has 0 aliphatic carbocycles. The number of esters is 1. The van der Waals surface area contributed by atoms with E-state index in [1.54, 1.807) is 0 Å². The lowest BCUT2D eigenvalue weighted by atomic mass is 10.2. The summed E-state index contributed by atoms with van der Waals surface area (Å²) in [5, 5.41) is 0. The van der Waals surface area contributed by atoms with Crippen molar-refractivity contribution >= 4 is 18.3 Å². The summed E-state index contributed by atoms with van der Waals surface area (Å²) >= 11 is 0. The van der Waals surface area contributed by atoms with Gasteiger partial charge in [-0.05, 0) is 5.56 Å². The van der Waals surface area contributed by atoms with Crippen molar-refractivity contribution in [1.82, 2.24) is 4.90 Å². The molecular weight excluding hydrogens is 262 g/mol. The van der Waals surface area contributed by atoms with Crippen molar-refractivity contribution in [3.05, 3.63) is 35.9 Å². The van der Waals surface area contributed by atoms with E-state index in [0.717, 1.165) is 5.56 Å². The summed E-state index contributed by atoms with van der Waals surface area (Å²) in [4.78, 5) is 34.1. The Hall–Kier alpha value is -2.37. The van der Waals surface area contributed by atoms with E-state index in [1.165, 1.54) is 11.8 Å². The summed E-state index contributed by atoms with van der Waals surface area (Å²) < 4.78 is 9.82. The number of aldehydes is 1. The molecule has 0 radical (unpaired) electrons. The normalized spacial score (nSPS) is 9.65. The molecular formula is C14H17NO5. The SMILES string of the molecule is CC(=O)OCCN(CC=O)C(=O)OCc1ccccc1. The second-order valence-corrected chi connectivity index (χ2v) is 3.99. The molecule has 108 valence electrons. The van der Waals surface area contributed by atoms with E-state index in [4.69, 9.17) is 9.47 Å². The minimum absolute atomic E-state index is 0.0314. The summed E-state index contributed by atoms with van der Waals surface area (Å²) in [7, 11) is 0. The molecule has 0 heterocycles. The maximum atomic E-state index is 11.8. The van der Waals surface area contributed by atoms with Crippen LogP contribution in [0.25, 0.3) is 0 Å². The molecule has 0 N–H and O–H groups in total. The number of carbonyl (C=O) groups excluding carboxylic acids is 3. The highest BCUT2D eigenvalue weighted by Gasteiger charge is 2.14. The summed E-state index contributed by atoms with van der Waals surface area (Å²) in [6.45, 7) is 1.45. The third-order valence-electron chi connectivity index (χ3n) is 2.42. The van der Waals surface area contributed by atoms with Gasteiger partial charge in [0.2, 0.25) is 0 Å². The Morgan fingerprint density at radius 1 is 1.20 bits per heavy atom. The monoisotopic (exact) mass is 279 g/mol. The minimum Gasteiger partial charge on any atom is -0.464 e. The molecule has 0 aliphatic heterocycles. The van der Waals surface area contributed by atoms with E-state index in [1.807, 2.05) is 30.3 Å². The van der Waals surface area contributed by atoms with Crippen molar-refractivity contribution in [3.63, 3.8) is 0 Å². The zero-order valence-corrected chi connectivity index (χ0v) is 11.3. The maximum absolute atomic E-state index is 11.8. The van der Waals surface area contributed by atoms with Crippen molar-refractivity contribution in [3.8, 4) is 0 Å². The van der Waals surface area contributed by atoms with Crippen molar-refractivity contribution in [2.45, 2.75) is 13.5 Å². The average Bonchev–Trinajstić information content (AvgIpc) is 2.44. The van der Waals surface area contributed by atoms with Gasteiger partial charge in [-0.3, -0.25) is 9.69 Å². The van der Waals surface area contributed by atoms with Crippen LogP contribution in [-0.4, -0.2) is 42.9 Å². The van der Waals surface area contributed by atoms with Crippen LogP contribution in [0.4, 0.5) is 4.79 Å². The van der Waals surface area contributed by atoms with Crippen molar-refractivity contribution < 1.29 is 23.9 Å². The van der Waals surface area contributed by atoms with E-state index in [9.17, 15) is 14.4 Å². The molecule has 1 amide bonds. The molecule has 0 saturated carbocycles. The molecule has 0 atom stereocenters. The Kier molecular flexibility index (Phi) is 6.81. The lowest BCUT2D eigenvalue weighted by Crippen LogP contribution is -2.36. The summed E-state index contributed by atoms with van der Waals surface area (Å²) in [5.74, 6) is -0.436. The standard InChI is InChI=1S/C14H17NO5/c1-12(17)19-10-8-15(7-9-16)14(18)20-11-13-5-3-2-4-6-13/h2-6,9H,7-8,10-11H2,1H3. The predicted molar refractivity (Wildman–Crippen MR) is 70.9 cm³/mol. The summed E-state index contributed by atoms with van der Waals surface area (Å²) in [5.41, 5.74) is 0.854. The lowest BCUT2D eigenvalue weighted by molar-refractivity contribution is -0.141. The van der Waals surface area contributed by atoms with E-state index >= 15 is 0 Å². The molecule has 1 aromatic rings. The molecule has 1 aromatic carbocycles. The van der Waals surface area contributed by atoms with Crippen LogP contribution in [0.15, 0.2) is 30.3 Å². The van der Waals surface area contributed by atoms with Gasteiger partial charge in [-0.25, -0.2) is 4.79 Å². The highest BCUT2D eigenvalue weighted by atomic mass is 16.6. The van der Waals surface area contributed by atoms with Gasteiger partial charge in [0.25, 0.3) is 0 Å². The zero-order valence-electron chi connectivity index (χ0n) is 11.3. The average molecular weight is 279 g/mol. The van der Waals surface area contributed by atoms with Gasteiger partial charge in [0.15, 0.2) is 0 Å².